The summed E-state index contributed by atoms with van der Waals surface area (Å²) in [6.07, 6.45) is 0. The normalized spacial score (nSPS) is 15.5. The number of hydrogen-bond donors (Lipinski definition) is 5. The molecule has 61 heavy (non-hydrogen) atoms. The third kappa shape index (κ3) is 10.5. The van der Waals surface area contributed by atoms with E-state index >= 15 is 0 Å². The van der Waals surface area contributed by atoms with Crippen molar-refractivity contribution >= 4 is 68.0 Å². The van der Waals surface area contributed by atoms with Gasteiger partial charge in [-0.25, -0.2) is 25.3 Å². The molecule has 0 spiro atoms. The van der Waals surface area contributed by atoms with Crippen molar-refractivity contribution < 1.29 is 96.5 Å². The van der Waals surface area contributed by atoms with Crippen LogP contribution in [0.15, 0.2) is 107 Å². The Kier molecular flexibility index (Phi) is 13.9. The van der Waals surface area contributed by atoms with Crippen molar-refractivity contribution in [3.8, 4) is 23.0 Å². The fourth-order valence-corrected chi connectivity index (χ4v) is 21.5. The first-order valence-electron chi connectivity index (χ1n) is 16.2. The van der Waals surface area contributed by atoms with Crippen molar-refractivity contribution in [1.82, 2.24) is 0 Å². The van der Waals surface area contributed by atoms with Gasteiger partial charge in [0.1, 0.15) is 23.0 Å². The maximum absolute atomic E-state index is 13.3. The molecule has 0 saturated heterocycles. The maximum atomic E-state index is 13.3. The SMILES string of the molecule is COc1ccc(C(C)(C)c2ccc(Oc3ccc(S(=O)(=O)c4ccc(OS(=O)(=O)C(O)C(S(=O)(=O)O)S(=O)(=O)S(=O)(=O)C(C(O)S(=O)(=O)O)S(=O)(=O)O)cc4)cc3)cc2)cc1. The van der Waals surface area contributed by atoms with Crippen LogP contribution in [0.25, 0.3) is 0 Å². The van der Waals surface area contributed by atoms with E-state index in [1.54, 1.807) is 19.2 Å². The summed E-state index contributed by atoms with van der Waals surface area (Å²) in [6.45, 7) is 4.08. The van der Waals surface area contributed by atoms with Crippen LogP contribution in [0.4, 0.5) is 0 Å². The quantitative estimate of drug-likeness (QED) is 0.0528. The van der Waals surface area contributed by atoms with E-state index in [9.17, 15) is 78.2 Å². The molecule has 0 heterocycles. The molecule has 0 aromatic heterocycles. The van der Waals surface area contributed by atoms with Crippen molar-refractivity contribution in [1.29, 1.82) is 0 Å². The molecule has 0 amide bonds. The molecule has 0 aliphatic carbocycles. The molecule has 29 heteroatoms. The van der Waals surface area contributed by atoms with E-state index in [0.29, 0.717) is 23.6 Å². The van der Waals surface area contributed by atoms with E-state index < -0.39 is 98.7 Å². The third-order valence-electron chi connectivity index (χ3n) is 8.65. The minimum atomic E-state index is -7.36. The van der Waals surface area contributed by atoms with Crippen molar-refractivity contribution in [2.45, 2.75) is 49.1 Å². The third-order valence-corrected chi connectivity index (χ3v) is 24.2. The average Bonchev–Trinajstić information content (AvgIpc) is 3.13. The van der Waals surface area contributed by atoms with Gasteiger partial charge in [-0.15, -0.1) is 0 Å². The molecule has 336 valence electrons. The van der Waals surface area contributed by atoms with E-state index in [0.717, 1.165) is 23.3 Å². The lowest BCUT2D eigenvalue weighted by atomic mass is 9.78. The molecule has 4 atom stereocenters. The minimum absolute atomic E-state index is 0.231. The molecule has 5 N–H and O–H groups in total. The van der Waals surface area contributed by atoms with Gasteiger partial charge < -0.3 is 23.9 Å². The number of rotatable bonds is 18. The van der Waals surface area contributed by atoms with Crippen LogP contribution in [-0.2, 0) is 73.5 Å². The summed E-state index contributed by atoms with van der Waals surface area (Å²) in [5.74, 6) is 0.352. The van der Waals surface area contributed by atoms with Crippen molar-refractivity contribution in [3.05, 3.63) is 108 Å². The second-order valence-electron chi connectivity index (χ2n) is 13.1. The highest BCUT2D eigenvalue weighted by atomic mass is 33.2. The van der Waals surface area contributed by atoms with E-state index in [1.807, 2.05) is 50.2 Å². The number of ether oxygens (including phenoxy) is 2. The summed E-state index contributed by atoms with van der Waals surface area (Å²) in [5, 5.41) is 19.9. The zero-order chi connectivity index (χ0) is 46.4. The average molecular weight is 995 g/mol. The van der Waals surface area contributed by atoms with Crippen LogP contribution < -0.4 is 13.7 Å². The zero-order valence-electron chi connectivity index (χ0n) is 31.1. The van der Waals surface area contributed by atoms with Crippen LogP contribution in [-0.4, -0.2) is 110 Å². The topological polar surface area (TPSA) is 368 Å². The number of methoxy groups -OCH3 is 1. The number of benzene rings is 4. The Bertz CT molecular complexity index is 3060. The molecule has 22 nitrogen and oxygen atoms in total. The fourth-order valence-electron chi connectivity index (χ4n) is 5.35. The van der Waals surface area contributed by atoms with Gasteiger partial charge in [-0.05, 0) is 83.9 Å². The standard InChI is InChI=1S/C32H34O22S7/c1-32(2,20-4-8-22(52-3)9-5-20)21-6-10-23(11-7-21)53-24-12-16-26(17-13-24)55(35,36)27-18-14-25(15-19-27)54-59(46,47)29(34)31(58(43,44)45)61(50,51)60(48,49)30(57(40,41)42)28(33)56(37,38)39/h4-19,28-31,33-34H,1-3H3,(H,37,38,39)(H,40,41,42)(H,43,44,45). The van der Waals surface area contributed by atoms with E-state index in [-0.39, 0.29) is 16.1 Å². The van der Waals surface area contributed by atoms with E-state index in [1.165, 1.54) is 24.3 Å². The number of aliphatic hydroxyl groups is 2. The molecule has 0 saturated carbocycles. The van der Waals surface area contributed by atoms with Gasteiger partial charge in [0.15, 0.2) is 0 Å². The molecule has 4 rings (SSSR count). The Morgan fingerprint density at radius 1 is 0.459 bits per heavy atom. The van der Waals surface area contributed by atoms with Crippen LogP contribution in [0, 0.1) is 0 Å². The van der Waals surface area contributed by atoms with Crippen molar-refractivity contribution in [2.75, 3.05) is 7.11 Å². The highest BCUT2D eigenvalue weighted by Crippen LogP contribution is 2.35. The second kappa shape index (κ2) is 17.1. The maximum Gasteiger partial charge on any atom is 0.339 e. The van der Waals surface area contributed by atoms with Crippen LogP contribution in [0.2, 0.25) is 0 Å². The lowest BCUT2D eigenvalue weighted by Gasteiger charge is -2.26. The molecule has 0 bridgehead atoms. The molecule has 4 unspecified atom stereocenters. The molecule has 0 radical (unpaired) electrons. The first-order valence-corrected chi connectivity index (χ1v) is 27.3. The lowest BCUT2D eigenvalue weighted by Crippen LogP contribution is -2.54. The number of sulfone groups is 1. The minimum Gasteiger partial charge on any atom is -0.497 e. The summed E-state index contributed by atoms with van der Waals surface area (Å²) in [7, 11) is -43.5. The van der Waals surface area contributed by atoms with Crippen LogP contribution in [0.1, 0.15) is 25.0 Å². The predicted molar refractivity (Wildman–Crippen MR) is 212 cm³/mol. The van der Waals surface area contributed by atoms with Gasteiger partial charge in [-0.2, -0.15) is 33.7 Å². The Morgan fingerprint density at radius 3 is 1.13 bits per heavy atom. The summed E-state index contributed by atoms with van der Waals surface area (Å²) in [5.41, 5.74) is -6.93. The largest absolute Gasteiger partial charge is 0.497 e. The summed E-state index contributed by atoms with van der Waals surface area (Å²) >= 11 is 0. The zero-order valence-corrected chi connectivity index (χ0v) is 36.8. The van der Waals surface area contributed by atoms with Gasteiger partial charge in [0.05, 0.1) is 16.9 Å². The van der Waals surface area contributed by atoms with Gasteiger partial charge in [0, 0.05) is 5.41 Å². The Morgan fingerprint density at radius 2 is 0.787 bits per heavy atom. The summed E-state index contributed by atoms with van der Waals surface area (Å²) in [6, 6.07) is 22.4. The highest BCUT2D eigenvalue weighted by Gasteiger charge is 2.62. The smallest absolute Gasteiger partial charge is 0.339 e. The number of hydrogen-bond acceptors (Lipinski definition) is 19. The van der Waals surface area contributed by atoms with Gasteiger partial charge in [-0.1, -0.05) is 38.1 Å². The van der Waals surface area contributed by atoms with Gasteiger partial charge in [-0.3, -0.25) is 13.7 Å². The Hall–Kier alpha value is -4.27. The lowest BCUT2D eigenvalue weighted by molar-refractivity contribution is 0.239. The van der Waals surface area contributed by atoms with Crippen molar-refractivity contribution in [2.24, 2.45) is 0 Å². The van der Waals surface area contributed by atoms with Gasteiger partial charge in [0.2, 0.25) is 29.9 Å². The molecule has 0 fully saturated rings. The highest BCUT2D eigenvalue weighted by molar-refractivity contribution is 8.70. The van der Waals surface area contributed by atoms with Crippen LogP contribution in [0.3, 0.4) is 0 Å². The summed E-state index contributed by atoms with van der Waals surface area (Å²) < 4.78 is 207. The van der Waals surface area contributed by atoms with E-state index in [4.69, 9.17) is 14.0 Å². The molecule has 4 aromatic rings. The first-order chi connectivity index (χ1) is 27.7. The molecule has 4 aromatic carbocycles. The molecular formula is C32H34O22S7. The molecular weight excluding hydrogens is 961 g/mol. The predicted octanol–water partition coefficient (Wildman–Crippen LogP) is 1.05. The molecule has 0 aliphatic heterocycles. The Balaban J connectivity index is 1.53. The van der Waals surface area contributed by atoms with Gasteiger partial charge >= 0.3 is 10.1 Å². The van der Waals surface area contributed by atoms with Gasteiger partial charge in [0.25, 0.3) is 48.1 Å². The van der Waals surface area contributed by atoms with Crippen molar-refractivity contribution in [3.63, 3.8) is 0 Å². The molecule has 0 aliphatic rings. The second-order valence-corrected chi connectivity index (χ2v) is 27.6. The summed E-state index contributed by atoms with van der Waals surface area (Å²) in [4.78, 5) is -0.836. The van der Waals surface area contributed by atoms with Crippen LogP contribution in [0.5, 0.6) is 23.0 Å². The fraction of sp³-hybridized carbons (Fsp3) is 0.250. The monoisotopic (exact) mass is 994 g/mol. The van der Waals surface area contributed by atoms with Crippen LogP contribution >= 0.6 is 0 Å². The van der Waals surface area contributed by atoms with E-state index in [2.05, 4.69) is 4.18 Å². The Labute approximate surface area is 349 Å². The number of aliphatic hydroxyl groups excluding tert-OH is 2. The first kappa shape index (κ1) is 49.4.